The van der Waals surface area contributed by atoms with E-state index in [-0.39, 0.29) is 11.7 Å². The lowest BCUT2D eigenvalue weighted by Gasteiger charge is -2.23. The quantitative estimate of drug-likeness (QED) is 0.697. The van der Waals surface area contributed by atoms with Crippen molar-refractivity contribution in [1.29, 1.82) is 0 Å². The number of aromatic nitrogens is 2. The van der Waals surface area contributed by atoms with Crippen LogP contribution in [0.2, 0.25) is 0 Å². The van der Waals surface area contributed by atoms with Gasteiger partial charge < -0.3 is 4.74 Å². The van der Waals surface area contributed by atoms with Gasteiger partial charge in [0.1, 0.15) is 6.04 Å². The molecule has 0 aliphatic carbocycles. The van der Waals surface area contributed by atoms with Gasteiger partial charge in [0.2, 0.25) is 5.75 Å². The number of hydrogen-bond acceptors (Lipinski definition) is 5. The summed E-state index contributed by atoms with van der Waals surface area (Å²) in [6, 6.07) is 6.73. The molecule has 2 rings (SSSR count). The number of methoxy groups -OCH3 is 1. The highest BCUT2D eigenvalue weighted by atomic mass is 79.9. The van der Waals surface area contributed by atoms with E-state index in [2.05, 4.69) is 20.9 Å². The Hall–Kier alpha value is -2.19. The molecule has 0 N–H and O–H groups in total. The van der Waals surface area contributed by atoms with E-state index < -0.39 is 11.6 Å². The molecule has 1 amide bonds. The van der Waals surface area contributed by atoms with Crippen LogP contribution >= 0.6 is 15.9 Å². The summed E-state index contributed by atoms with van der Waals surface area (Å²) in [5.41, 5.74) is 0.475. The second-order valence-electron chi connectivity index (χ2n) is 5.04. The van der Waals surface area contributed by atoms with Crippen molar-refractivity contribution in [1.82, 2.24) is 14.6 Å². The van der Waals surface area contributed by atoms with Crippen molar-refractivity contribution in [2.45, 2.75) is 12.5 Å². The summed E-state index contributed by atoms with van der Waals surface area (Å²) >= 11 is 3.37. The maximum Gasteiger partial charge on any atom is 0.296 e. The van der Waals surface area contributed by atoms with Crippen LogP contribution in [-0.4, -0.2) is 41.8 Å². The lowest BCUT2D eigenvalue weighted by molar-refractivity contribution is -0.172. The van der Waals surface area contributed by atoms with Crippen molar-refractivity contribution in [3.8, 4) is 5.75 Å². The summed E-state index contributed by atoms with van der Waals surface area (Å²) in [6.45, 7) is 0. The van der Waals surface area contributed by atoms with Crippen LogP contribution in [0.1, 0.15) is 11.6 Å². The molecule has 0 fully saturated rings. The van der Waals surface area contributed by atoms with Crippen LogP contribution in [-0.2, 0) is 16.1 Å². The maximum atomic E-state index is 12.7. The number of amides is 1. The second kappa shape index (κ2) is 8.07. The Morgan fingerprint density at radius 2 is 2.00 bits per heavy atom. The van der Waals surface area contributed by atoms with Crippen molar-refractivity contribution in [2.75, 3.05) is 21.3 Å². The van der Waals surface area contributed by atoms with E-state index in [4.69, 9.17) is 9.57 Å². The first kappa shape index (κ1) is 18.2. The van der Waals surface area contributed by atoms with Crippen molar-refractivity contribution >= 4 is 21.8 Å². The Morgan fingerprint density at radius 3 is 2.58 bits per heavy atom. The zero-order valence-corrected chi connectivity index (χ0v) is 15.2. The predicted molar refractivity (Wildman–Crippen MR) is 91.7 cm³/mol. The van der Waals surface area contributed by atoms with Gasteiger partial charge in [0.25, 0.3) is 11.5 Å². The number of hydroxylamine groups is 2. The Labute approximate surface area is 147 Å². The fraction of sp³-hybridized carbons (Fsp3) is 0.312. The molecule has 1 heterocycles. The van der Waals surface area contributed by atoms with Crippen molar-refractivity contribution < 1.29 is 14.4 Å². The number of hydrogen-bond donors (Lipinski definition) is 0. The number of benzene rings is 1. The van der Waals surface area contributed by atoms with Crippen LogP contribution in [0.15, 0.2) is 46.1 Å². The minimum atomic E-state index is -0.800. The molecule has 0 bridgehead atoms. The smallest absolute Gasteiger partial charge is 0.296 e. The molecule has 8 heteroatoms. The molecule has 0 aliphatic rings. The summed E-state index contributed by atoms with van der Waals surface area (Å²) in [5, 5.41) is 1.09. The maximum absolute atomic E-state index is 12.7. The fourth-order valence-corrected chi connectivity index (χ4v) is 2.48. The van der Waals surface area contributed by atoms with Gasteiger partial charge in [-0.25, -0.2) is 10.0 Å². The van der Waals surface area contributed by atoms with Gasteiger partial charge in [0.15, 0.2) is 0 Å². The van der Waals surface area contributed by atoms with Gasteiger partial charge >= 0.3 is 0 Å². The average Bonchev–Trinajstić information content (AvgIpc) is 2.60. The third kappa shape index (κ3) is 4.01. The van der Waals surface area contributed by atoms with Gasteiger partial charge in [-0.1, -0.05) is 28.1 Å². The molecule has 128 valence electrons. The van der Waals surface area contributed by atoms with Crippen LogP contribution in [0, 0.1) is 0 Å². The number of halogens is 1. The number of nitrogens with zero attached hydrogens (tertiary/aromatic N) is 3. The first-order valence-corrected chi connectivity index (χ1v) is 7.93. The number of rotatable bonds is 6. The molecule has 0 aliphatic heterocycles. The van der Waals surface area contributed by atoms with Crippen LogP contribution < -0.4 is 10.3 Å². The highest BCUT2D eigenvalue weighted by Crippen LogP contribution is 2.18. The first-order valence-electron chi connectivity index (χ1n) is 7.14. The van der Waals surface area contributed by atoms with Crippen molar-refractivity contribution in [3.63, 3.8) is 0 Å². The van der Waals surface area contributed by atoms with E-state index in [1.807, 2.05) is 24.3 Å². The van der Waals surface area contributed by atoms with E-state index in [0.717, 1.165) is 15.1 Å². The third-order valence-electron chi connectivity index (χ3n) is 3.60. The second-order valence-corrected chi connectivity index (χ2v) is 5.95. The standard InChI is InChI=1S/C16H18BrN3O4/c1-19(24-3)15(21)13(8-11-4-6-12(17)7-5-11)20-10-18-9-14(23-2)16(20)22/h4-7,9-10,13H,8H2,1-3H3. The average molecular weight is 396 g/mol. The summed E-state index contributed by atoms with van der Waals surface area (Å²) in [7, 11) is 4.27. The minimum absolute atomic E-state index is 0.0752. The molecule has 1 atom stereocenters. The third-order valence-corrected chi connectivity index (χ3v) is 4.12. The van der Waals surface area contributed by atoms with E-state index in [0.29, 0.717) is 6.42 Å². The van der Waals surface area contributed by atoms with E-state index in [1.54, 1.807) is 0 Å². The van der Waals surface area contributed by atoms with Crippen LogP contribution in [0.4, 0.5) is 0 Å². The summed E-state index contributed by atoms with van der Waals surface area (Å²) in [4.78, 5) is 34.1. The van der Waals surface area contributed by atoms with Gasteiger partial charge in [0.05, 0.1) is 26.7 Å². The minimum Gasteiger partial charge on any atom is -0.490 e. The molecule has 0 saturated heterocycles. The van der Waals surface area contributed by atoms with Crippen LogP contribution in [0.25, 0.3) is 0 Å². The molecule has 24 heavy (non-hydrogen) atoms. The monoisotopic (exact) mass is 395 g/mol. The summed E-state index contributed by atoms with van der Waals surface area (Å²) < 4.78 is 7.21. The van der Waals surface area contributed by atoms with Crippen molar-refractivity contribution in [3.05, 3.63) is 57.2 Å². The normalized spacial score (nSPS) is 11.8. The van der Waals surface area contributed by atoms with Gasteiger partial charge in [-0.3, -0.25) is 19.0 Å². The van der Waals surface area contributed by atoms with Gasteiger partial charge in [-0.15, -0.1) is 0 Å². The molecule has 1 unspecified atom stereocenters. The van der Waals surface area contributed by atoms with Crippen molar-refractivity contribution in [2.24, 2.45) is 0 Å². The number of carbonyl (C=O) groups excluding carboxylic acids is 1. The Kier molecular flexibility index (Phi) is 6.10. The van der Waals surface area contributed by atoms with E-state index >= 15 is 0 Å². The molecular formula is C16H18BrN3O4. The van der Waals surface area contributed by atoms with Crippen LogP contribution in [0.5, 0.6) is 5.75 Å². The molecule has 0 radical (unpaired) electrons. The molecule has 0 saturated carbocycles. The first-order chi connectivity index (χ1) is 11.5. The van der Waals surface area contributed by atoms with Gasteiger partial charge in [-0.2, -0.15) is 0 Å². The molecule has 1 aromatic heterocycles. The topological polar surface area (TPSA) is 73.7 Å². The van der Waals surface area contributed by atoms with E-state index in [9.17, 15) is 9.59 Å². The molecule has 7 nitrogen and oxygen atoms in total. The summed E-state index contributed by atoms with van der Waals surface area (Å²) in [6.07, 6.45) is 2.96. The number of likely N-dealkylation sites (N-methyl/N-ethyl adjacent to an activating group) is 1. The number of ether oxygens (including phenoxy) is 1. The predicted octanol–water partition coefficient (Wildman–Crippen LogP) is 1.82. The molecular weight excluding hydrogens is 378 g/mol. The molecule has 2 aromatic rings. The molecule has 1 aromatic carbocycles. The molecule has 0 spiro atoms. The number of carbonyl (C=O) groups is 1. The highest BCUT2D eigenvalue weighted by molar-refractivity contribution is 9.10. The Morgan fingerprint density at radius 1 is 1.33 bits per heavy atom. The summed E-state index contributed by atoms with van der Waals surface area (Å²) in [5.74, 6) is -0.288. The highest BCUT2D eigenvalue weighted by Gasteiger charge is 2.26. The van der Waals surface area contributed by atoms with Crippen LogP contribution in [0.3, 0.4) is 0 Å². The largest absolute Gasteiger partial charge is 0.490 e. The zero-order valence-electron chi connectivity index (χ0n) is 13.6. The Balaban J connectivity index is 2.45. The van der Waals surface area contributed by atoms with Gasteiger partial charge in [-0.05, 0) is 17.7 Å². The SMILES string of the molecule is COc1cncn(C(Cc2ccc(Br)cc2)C(=O)N(C)OC)c1=O. The zero-order chi connectivity index (χ0) is 17.7. The lowest BCUT2D eigenvalue weighted by atomic mass is 10.0. The van der Waals surface area contributed by atoms with E-state index in [1.165, 1.54) is 38.4 Å². The Bertz CT molecular complexity index is 761. The fourth-order valence-electron chi connectivity index (χ4n) is 2.22. The lowest BCUT2D eigenvalue weighted by Crippen LogP contribution is -2.39. The van der Waals surface area contributed by atoms with Gasteiger partial charge in [0, 0.05) is 17.9 Å².